The molecule has 6 heteroatoms. The van der Waals surface area contributed by atoms with Crippen molar-refractivity contribution in [3.8, 4) is 0 Å². The first-order valence-corrected chi connectivity index (χ1v) is 3.89. The van der Waals surface area contributed by atoms with Gasteiger partial charge in [0.05, 0.1) is 23.8 Å². The third-order valence-electron chi connectivity index (χ3n) is 1.18. The molecule has 0 amide bonds. The number of nitrogens with zero attached hydrogens (tertiary/aromatic N) is 2. The smallest absolute Gasteiger partial charge is 0.184 e. The first kappa shape index (κ1) is 9.40. The quantitative estimate of drug-likeness (QED) is 0.346. The number of hydrogen-bond acceptors (Lipinski definition) is 4. The fourth-order valence-electron chi connectivity index (χ4n) is 0.655. The number of nitrogen functional groups attached to an aromatic ring is 1. The van der Waals surface area contributed by atoms with Gasteiger partial charge >= 0.3 is 0 Å². The molecule has 1 aromatic heterocycles. The summed E-state index contributed by atoms with van der Waals surface area (Å²) in [6, 6.07) is 3.47. The Bertz CT molecular complexity index is 318. The molecule has 68 valence electrons. The van der Waals surface area contributed by atoms with Crippen molar-refractivity contribution in [2.45, 2.75) is 0 Å². The summed E-state index contributed by atoms with van der Waals surface area (Å²) in [6.07, 6.45) is 3.04. The Morgan fingerprint density at radius 2 is 2.38 bits per heavy atom. The molecule has 0 aromatic carbocycles. The summed E-state index contributed by atoms with van der Waals surface area (Å²) in [4.78, 5) is 3.98. The van der Waals surface area contributed by atoms with E-state index in [9.17, 15) is 0 Å². The van der Waals surface area contributed by atoms with Crippen LogP contribution < -0.4 is 16.9 Å². The van der Waals surface area contributed by atoms with Crippen LogP contribution in [0.1, 0.15) is 5.69 Å². The first-order chi connectivity index (χ1) is 6.18. The summed E-state index contributed by atoms with van der Waals surface area (Å²) in [6.45, 7) is 0. The van der Waals surface area contributed by atoms with Gasteiger partial charge in [-0.2, -0.15) is 5.10 Å². The summed E-state index contributed by atoms with van der Waals surface area (Å²) in [7, 11) is 0. The average Bonchev–Trinajstić information content (AvgIpc) is 2.08. The Morgan fingerprint density at radius 3 is 2.92 bits per heavy atom. The molecular weight excluding hydrogens is 186 g/mol. The highest BCUT2D eigenvalue weighted by Crippen LogP contribution is 1.97. The molecule has 0 fully saturated rings. The van der Waals surface area contributed by atoms with Crippen LogP contribution in [-0.4, -0.2) is 16.3 Å². The number of pyridine rings is 1. The molecule has 0 unspecified atom stereocenters. The van der Waals surface area contributed by atoms with Gasteiger partial charge in [0.1, 0.15) is 0 Å². The molecule has 5 N–H and O–H groups in total. The van der Waals surface area contributed by atoms with Crippen LogP contribution in [0.25, 0.3) is 0 Å². The number of rotatable bonds is 2. The fourth-order valence-corrected chi connectivity index (χ4v) is 0.708. The zero-order valence-electron chi connectivity index (χ0n) is 6.77. The fraction of sp³-hybridized carbons (Fsp3) is 0. The third-order valence-corrected chi connectivity index (χ3v) is 1.27. The van der Waals surface area contributed by atoms with Gasteiger partial charge in [0.25, 0.3) is 0 Å². The second-order valence-electron chi connectivity index (χ2n) is 2.25. The molecule has 1 rings (SSSR count). The molecule has 0 atom stereocenters. The van der Waals surface area contributed by atoms with E-state index in [0.29, 0.717) is 11.4 Å². The number of thiocarbonyl (C=S) groups is 1. The Morgan fingerprint density at radius 1 is 1.62 bits per heavy atom. The SMILES string of the molecule is NC(=S)NN=Cc1ccc(N)cn1. The van der Waals surface area contributed by atoms with Crippen molar-refractivity contribution < 1.29 is 0 Å². The Hall–Kier alpha value is -1.69. The number of nitrogens with one attached hydrogen (secondary N) is 1. The molecule has 0 radical (unpaired) electrons. The number of hydrazone groups is 1. The van der Waals surface area contributed by atoms with Gasteiger partial charge in [0.2, 0.25) is 0 Å². The number of nitrogens with two attached hydrogens (primary N) is 2. The van der Waals surface area contributed by atoms with Gasteiger partial charge in [-0.3, -0.25) is 10.4 Å². The lowest BCUT2D eigenvalue weighted by Crippen LogP contribution is -2.24. The van der Waals surface area contributed by atoms with Crippen LogP contribution in [0.5, 0.6) is 0 Å². The zero-order valence-corrected chi connectivity index (χ0v) is 7.58. The van der Waals surface area contributed by atoms with Crippen molar-refractivity contribution in [2.24, 2.45) is 10.8 Å². The van der Waals surface area contributed by atoms with Gasteiger partial charge in [0.15, 0.2) is 5.11 Å². The van der Waals surface area contributed by atoms with E-state index < -0.39 is 0 Å². The molecule has 13 heavy (non-hydrogen) atoms. The lowest BCUT2D eigenvalue weighted by molar-refractivity contribution is 1.04. The van der Waals surface area contributed by atoms with Gasteiger partial charge in [-0.1, -0.05) is 0 Å². The summed E-state index contributed by atoms with van der Waals surface area (Å²) in [5.41, 5.74) is 14.3. The van der Waals surface area contributed by atoms with Crippen LogP contribution in [0.4, 0.5) is 5.69 Å². The average molecular weight is 195 g/mol. The topological polar surface area (TPSA) is 89.3 Å². The Kier molecular flexibility index (Phi) is 3.15. The van der Waals surface area contributed by atoms with Crippen LogP contribution >= 0.6 is 12.2 Å². The molecule has 0 spiro atoms. The number of aromatic nitrogens is 1. The molecule has 0 bridgehead atoms. The van der Waals surface area contributed by atoms with Crippen LogP contribution in [-0.2, 0) is 0 Å². The van der Waals surface area contributed by atoms with E-state index in [4.69, 9.17) is 11.5 Å². The highest BCUT2D eigenvalue weighted by Gasteiger charge is 1.88. The van der Waals surface area contributed by atoms with Gasteiger partial charge in [-0.05, 0) is 24.4 Å². The van der Waals surface area contributed by atoms with E-state index in [-0.39, 0.29) is 5.11 Å². The van der Waals surface area contributed by atoms with Crippen LogP contribution in [0.3, 0.4) is 0 Å². The monoisotopic (exact) mass is 195 g/mol. The second kappa shape index (κ2) is 4.36. The summed E-state index contributed by atoms with van der Waals surface area (Å²) < 4.78 is 0. The lowest BCUT2D eigenvalue weighted by Gasteiger charge is -1.94. The van der Waals surface area contributed by atoms with Crippen LogP contribution in [0.2, 0.25) is 0 Å². The molecule has 0 aliphatic heterocycles. The second-order valence-corrected chi connectivity index (χ2v) is 2.69. The van der Waals surface area contributed by atoms with Gasteiger partial charge < -0.3 is 11.5 Å². The minimum absolute atomic E-state index is 0.117. The Labute approximate surface area is 80.8 Å². The van der Waals surface area contributed by atoms with Gasteiger partial charge in [0, 0.05) is 0 Å². The predicted octanol–water partition coefficient (Wildman–Crippen LogP) is -0.169. The normalized spacial score (nSPS) is 10.2. The molecule has 5 nitrogen and oxygen atoms in total. The van der Waals surface area contributed by atoms with Crippen molar-refractivity contribution in [1.82, 2.24) is 10.4 Å². The van der Waals surface area contributed by atoms with Crippen LogP contribution in [0, 0.1) is 0 Å². The highest BCUT2D eigenvalue weighted by molar-refractivity contribution is 7.80. The predicted molar refractivity (Wildman–Crippen MR) is 56.2 cm³/mol. The minimum Gasteiger partial charge on any atom is -0.397 e. The van der Waals surface area contributed by atoms with Crippen molar-refractivity contribution in [2.75, 3.05) is 5.73 Å². The summed E-state index contributed by atoms with van der Waals surface area (Å²) >= 11 is 4.54. The lowest BCUT2D eigenvalue weighted by atomic mass is 10.3. The summed E-state index contributed by atoms with van der Waals surface area (Å²) in [5, 5.41) is 3.84. The standard InChI is InChI=1S/C7H9N5S/c8-5-1-2-6(10-3-5)4-11-12-7(9)13/h1-4H,8H2,(H3,9,12,13). The van der Waals surface area contributed by atoms with Crippen molar-refractivity contribution in [3.05, 3.63) is 24.0 Å². The third kappa shape index (κ3) is 3.48. The molecule has 0 aliphatic rings. The first-order valence-electron chi connectivity index (χ1n) is 3.48. The molecule has 1 aromatic rings. The Balaban J connectivity index is 2.59. The summed E-state index contributed by atoms with van der Waals surface area (Å²) in [5.74, 6) is 0. The molecular formula is C7H9N5S. The van der Waals surface area contributed by atoms with E-state index in [1.54, 1.807) is 18.3 Å². The van der Waals surface area contributed by atoms with Crippen molar-refractivity contribution in [1.29, 1.82) is 0 Å². The molecule has 1 heterocycles. The van der Waals surface area contributed by atoms with Gasteiger partial charge in [-0.15, -0.1) is 0 Å². The van der Waals surface area contributed by atoms with Crippen LogP contribution in [0.15, 0.2) is 23.4 Å². The van der Waals surface area contributed by atoms with E-state index in [1.165, 1.54) is 6.21 Å². The molecule has 0 saturated carbocycles. The maximum atomic E-state index is 5.44. The number of hydrogen-bond donors (Lipinski definition) is 3. The van der Waals surface area contributed by atoms with Crippen molar-refractivity contribution >= 4 is 29.2 Å². The molecule has 0 aliphatic carbocycles. The maximum absolute atomic E-state index is 5.44. The minimum atomic E-state index is 0.117. The van der Waals surface area contributed by atoms with E-state index in [0.717, 1.165) is 0 Å². The van der Waals surface area contributed by atoms with E-state index >= 15 is 0 Å². The van der Waals surface area contributed by atoms with E-state index in [2.05, 4.69) is 27.7 Å². The zero-order chi connectivity index (χ0) is 9.68. The van der Waals surface area contributed by atoms with E-state index in [1.807, 2.05) is 0 Å². The highest BCUT2D eigenvalue weighted by atomic mass is 32.1. The largest absolute Gasteiger partial charge is 0.397 e. The number of anilines is 1. The van der Waals surface area contributed by atoms with Crippen molar-refractivity contribution in [3.63, 3.8) is 0 Å². The maximum Gasteiger partial charge on any atom is 0.184 e. The van der Waals surface area contributed by atoms with Gasteiger partial charge in [-0.25, -0.2) is 0 Å². The molecule has 0 saturated heterocycles.